The van der Waals surface area contributed by atoms with E-state index in [0.29, 0.717) is 6.61 Å². The topological polar surface area (TPSA) is 66.3 Å². The largest absolute Gasteiger partial charge is 0.462 e. The van der Waals surface area contributed by atoms with Crippen molar-refractivity contribution in [1.29, 1.82) is 0 Å². The van der Waals surface area contributed by atoms with Gasteiger partial charge in [-0.25, -0.2) is 0 Å². The molecule has 1 aliphatic carbocycles. The summed E-state index contributed by atoms with van der Waals surface area (Å²) in [7, 11) is 0. The number of ether oxygens (including phenoxy) is 2. The van der Waals surface area contributed by atoms with Crippen LogP contribution in [0.15, 0.2) is 35.5 Å². The zero-order valence-corrected chi connectivity index (χ0v) is 17.8. The lowest BCUT2D eigenvalue weighted by Gasteiger charge is -2.47. The van der Waals surface area contributed by atoms with Crippen molar-refractivity contribution < 1.29 is 14.6 Å². The number of hydrazone groups is 1. The molecule has 0 aromatic heterocycles. The second-order valence-electron chi connectivity index (χ2n) is 8.33. The molecular formula is C23H33N3O3. The fourth-order valence-corrected chi connectivity index (χ4v) is 4.27. The summed E-state index contributed by atoms with van der Waals surface area (Å²) < 4.78 is 12.6. The van der Waals surface area contributed by atoms with Crippen LogP contribution in [0.4, 0.5) is 0 Å². The minimum absolute atomic E-state index is 0.461. The molecule has 0 bridgehead atoms. The molecule has 4 aliphatic rings. The van der Waals surface area contributed by atoms with E-state index in [1.165, 1.54) is 19.3 Å². The predicted molar refractivity (Wildman–Crippen MR) is 114 cm³/mol. The Morgan fingerprint density at radius 1 is 1.21 bits per heavy atom. The summed E-state index contributed by atoms with van der Waals surface area (Å²) in [6, 6.07) is 6.90. The van der Waals surface area contributed by atoms with E-state index in [1.807, 2.05) is 32.1 Å². The molecule has 29 heavy (non-hydrogen) atoms. The van der Waals surface area contributed by atoms with Crippen LogP contribution in [0.3, 0.4) is 0 Å². The molecule has 2 fully saturated rings. The maximum Gasteiger partial charge on any atom is 0.213 e. The van der Waals surface area contributed by atoms with E-state index in [-0.39, 0.29) is 0 Å². The summed E-state index contributed by atoms with van der Waals surface area (Å²) in [5.74, 6) is 0.458. The van der Waals surface area contributed by atoms with Crippen LogP contribution in [0.25, 0.3) is 0 Å². The van der Waals surface area contributed by atoms with Crippen molar-refractivity contribution in [2.24, 2.45) is 5.10 Å². The monoisotopic (exact) mass is 399 g/mol. The van der Waals surface area contributed by atoms with Crippen LogP contribution < -0.4 is 10.2 Å². The van der Waals surface area contributed by atoms with Gasteiger partial charge >= 0.3 is 0 Å². The molecule has 3 aliphatic heterocycles. The Morgan fingerprint density at radius 3 is 2.59 bits per heavy atom. The van der Waals surface area contributed by atoms with Crippen LogP contribution in [0.2, 0.25) is 0 Å². The molecule has 1 saturated carbocycles. The Labute approximate surface area is 173 Å². The Morgan fingerprint density at radius 2 is 1.97 bits per heavy atom. The second-order valence-corrected chi connectivity index (χ2v) is 8.33. The molecule has 1 atom stereocenters. The first-order chi connectivity index (χ1) is 14.0. The van der Waals surface area contributed by atoms with Crippen molar-refractivity contribution in [3.63, 3.8) is 0 Å². The van der Waals surface area contributed by atoms with Crippen LogP contribution in [0.5, 0.6) is 5.75 Å². The number of fused-ring (bicyclic) bond motifs is 1. The Kier molecular flexibility index (Phi) is 5.69. The Bertz CT molecular complexity index is 791. The van der Waals surface area contributed by atoms with Gasteiger partial charge in [0.2, 0.25) is 5.79 Å². The van der Waals surface area contributed by atoms with E-state index >= 15 is 0 Å². The molecule has 3 heterocycles. The highest BCUT2D eigenvalue weighted by Gasteiger charge is 2.42. The van der Waals surface area contributed by atoms with E-state index in [2.05, 4.69) is 21.5 Å². The number of benzene rings is 1. The molecule has 5 rings (SSSR count). The molecular weight excluding hydrogens is 366 g/mol. The van der Waals surface area contributed by atoms with Gasteiger partial charge in [-0.1, -0.05) is 20.3 Å². The van der Waals surface area contributed by atoms with Gasteiger partial charge in [0.15, 0.2) is 5.72 Å². The Balaban J connectivity index is 0.000000994. The molecule has 6 nitrogen and oxygen atoms in total. The van der Waals surface area contributed by atoms with E-state index in [0.717, 1.165) is 54.6 Å². The molecule has 0 amide bonds. The number of aliphatic hydroxyl groups is 1. The number of allylic oxidation sites excluding steroid dienone is 1. The average Bonchev–Trinajstić information content (AvgIpc) is 2.70. The van der Waals surface area contributed by atoms with Crippen LogP contribution in [0.1, 0.15) is 64.0 Å². The standard InChI is InChI=1S/C21H27N3O3.C2H6/c1-20(25)8-7-18(22-23-20)15-5-6-19-16(13-15)14-26-21(27-19)9-11-24(12-10-21)17-3-2-4-17;1-2/h5-8,13,17,23,25H,2-4,9-12,14H2,1H3;1-2H3. The molecule has 2 N–H and O–H groups in total. The summed E-state index contributed by atoms with van der Waals surface area (Å²) in [4.78, 5) is 2.61. The third-order valence-corrected chi connectivity index (χ3v) is 6.26. The van der Waals surface area contributed by atoms with Gasteiger partial charge in [-0.05, 0) is 50.1 Å². The van der Waals surface area contributed by atoms with E-state index in [1.54, 1.807) is 13.0 Å². The van der Waals surface area contributed by atoms with Crippen molar-refractivity contribution in [3.05, 3.63) is 41.5 Å². The van der Waals surface area contributed by atoms with Gasteiger partial charge in [-0.2, -0.15) is 5.10 Å². The first kappa shape index (κ1) is 20.4. The van der Waals surface area contributed by atoms with E-state index in [4.69, 9.17) is 9.47 Å². The molecule has 0 radical (unpaired) electrons. The molecule has 1 spiro atoms. The first-order valence-corrected chi connectivity index (χ1v) is 11.0. The normalized spacial score (nSPS) is 28.2. The highest BCUT2D eigenvalue weighted by atomic mass is 16.7. The fourth-order valence-electron chi connectivity index (χ4n) is 4.27. The minimum Gasteiger partial charge on any atom is -0.462 e. The quantitative estimate of drug-likeness (QED) is 0.796. The van der Waals surface area contributed by atoms with Crippen molar-refractivity contribution in [2.75, 3.05) is 13.1 Å². The number of nitrogens with zero attached hydrogens (tertiary/aromatic N) is 2. The Hall–Kier alpha value is -1.89. The van der Waals surface area contributed by atoms with Gasteiger partial charge in [0.05, 0.1) is 12.3 Å². The van der Waals surface area contributed by atoms with Gasteiger partial charge in [-0.3, -0.25) is 10.3 Å². The fraction of sp³-hybridized carbons (Fsp3) is 0.609. The highest BCUT2D eigenvalue weighted by molar-refractivity contribution is 6.09. The maximum absolute atomic E-state index is 9.90. The number of nitrogens with one attached hydrogen (secondary N) is 1. The predicted octanol–water partition coefficient (Wildman–Crippen LogP) is 3.54. The number of likely N-dealkylation sites (tertiary alicyclic amines) is 1. The molecule has 6 heteroatoms. The van der Waals surface area contributed by atoms with Gasteiger partial charge < -0.3 is 14.6 Å². The second kappa shape index (κ2) is 8.09. The summed E-state index contributed by atoms with van der Waals surface area (Å²) in [6.45, 7) is 8.35. The molecule has 1 aromatic rings. The van der Waals surface area contributed by atoms with Gasteiger partial charge in [0.1, 0.15) is 5.75 Å². The molecule has 1 unspecified atom stereocenters. The third kappa shape index (κ3) is 4.20. The number of rotatable bonds is 2. The SMILES string of the molecule is CC.CC1(O)C=CC(c2ccc3c(c2)COC2(CCN(C4CCC4)CC2)O3)=NN1. The summed E-state index contributed by atoms with van der Waals surface area (Å²) in [5.41, 5.74) is 4.47. The number of hydrogen-bond acceptors (Lipinski definition) is 6. The highest BCUT2D eigenvalue weighted by Crippen LogP contribution is 2.39. The summed E-state index contributed by atoms with van der Waals surface area (Å²) in [5, 5.41) is 14.2. The average molecular weight is 400 g/mol. The van der Waals surface area contributed by atoms with Crippen molar-refractivity contribution in [2.45, 2.75) is 77.0 Å². The van der Waals surface area contributed by atoms with Crippen molar-refractivity contribution in [3.8, 4) is 5.75 Å². The minimum atomic E-state index is -1.09. The zero-order valence-electron chi connectivity index (χ0n) is 17.8. The van der Waals surface area contributed by atoms with Crippen LogP contribution in [-0.4, -0.2) is 46.4 Å². The third-order valence-electron chi connectivity index (χ3n) is 6.26. The first-order valence-electron chi connectivity index (χ1n) is 11.0. The number of hydrogen-bond donors (Lipinski definition) is 2. The lowest BCUT2D eigenvalue weighted by atomic mass is 9.89. The molecule has 158 valence electrons. The van der Waals surface area contributed by atoms with Gasteiger partial charge in [0, 0.05) is 43.1 Å². The van der Waals surface area contributed by atoms with E-state index < -0.39 is 11.5 Å². The van der Waals surface area contributed by atoms with Crippen molar-refractivity contribution >= 4 is 5.71 Å². The summed E-state index contributed by atoms with van der Waals surface area (Å²) >= 11 is 0. The van der Waals surface area contributed by atoms with Crippen LogP contribution >= 0.6 is 0 Å². The lowest BCUT2D eigenvalue weighted by molar-refractivity contribution is -0.231. The van der Waals surface area contributed by atoms with Crippen LogP contribution in [0, 0.1) is 0 Å². The zero-order chi connectivity index (χ0) is 20.5. The van der Waals surface area contributed by atoms with Crippen molar-refractivity contribution in [1.82, 2.24) is 10.3 Å². The van der Waals surface area contributed by atoms with Gasteiger partial charge in [-0.15, -0.1) is 0 Å². The lowest BCUT2D eigenvalue weighted by Crippen LogP contribution is -2.54. The van der Waals surface area contributed by atoms with E-state index in [9.17, 15) is 5.11 Å². The maximum atomic E-state index is 9.90. The van der Waals surface area contributed by atoms with Gasteiger partial charge in [0.25, 0.3) is 0 Å². The smallest absolute Gasteiger partial charge is 0.213 e. The summed E-state index contributed by atoms with van der Waals surface area (Å²) in [6.07, 6.45) is 9.47. The molecule has 1 aromatic carbocycles. The van der Waals surface area contributed by atoms with Crippen LogP contribution in [-0.2, 0) is 11.3 Å². The molecule has 1 saturated heterocycles. The number of piperidine rings is 1.